The van der Waals surface area contributed by atoms with Crippen LogP contribution in [0.1, 0.15) is 31.0 Å². The Hall–Kier alpha value is -3.68. The van der Waals surface area contributed by atoms with E-state index in [4.69, 9.17) is 9.47 Å². The number of ether oxygens (including phenoxy) is 2. The van der Waals surface area contributed by atoms with Crippen molar-refractivity contribution in [3.63, 3.8) is 0 Å². The van der Waals surface area contributed by atoms with Gasteiger partial charge in [-0.1, -0.05) is 31.5 Å². The number of nitrogens with zero attached hydrogens (tertiary/aromatic N) is 1. The van der Waals surface area contributed by atoms with Gasteiger partial charge in [0.05, 0.1) is 5.69 Å². The highest BCUT2D eigenvalue weighted by Crippen LogP contribution is 2.14. The van der Waals surface area contributed by atoms with E-state index >= 15 is 0 Å². The first kappa shape index (κ1) is 22.6. The van der Waals surface area contributed by atoms with Gasteiger partial charge in [0.1, 0.15) is 12.4 Å². The number of urea groups is 1. The number of imide groups is 1. The van der Waals surface area contributed by atoms with E-state index in [1.807, 2.05) is 25.1 Å². The second-order valence-corrected chi connectivity index (χ2v) is 6.28. The number of nitrogens with one attached hydrogen (secondary N) is 2. The lowest BCUT2D eigenvalue weighted by atomic mass is 10.2. The number of benzene rings is 1. The molecule has 0 saturated heterocycles. The van der Waals surface area contributed by atoms with Gasteiger partial charge in [0.25, 0.3) is 5.91 Å². The van der Waals surface area contributed by atoms with Crippen LogP contribution >= 0.6 is 0 Å². The Labute approximate surface area is 175 Å². The number of amides is 3. The maximum atomic E-state index is 11.7. The lowest BCUT2D eigenvalue weighted by molar-refractivity contribution is -0.143. The lowest BCUT2D eigenvalue weighted by Crippen LogP contribution is -2.41. The van der Waals surface area contributed by atoms with E-state index in [1.54, 1.807) is 36.5 Å². The maximum absolute atomic E-state index is 11.7. The monoisotopic (exact) mass is 411 g/mol. The predicted octanol–water partition coefficient (Wildman–Crippen LogP) is 2.84. The number of carbonyl (C=O) groups is 3. The SMILES string of the molecule is CCCCNC(=O)NC(=O)COC(=O)C=Cc1ccc(OCc2ccccn2)cc1. The second kappa shape index (κ2) is 12.7. The minimum absolute atomic E-state index is 0.362. The molecule has 2 aromatic rings. The quantitative estimate of drug-likeness (QED) is 0.354. The Morgan fingerprint density at radius 1 is 1.10 bits per heavy atom. The molecule has 0 fully saturated rings. The molecular formula is C22H25N3O5. The van der Waals surface area contributed by atoms with Crippen LogP contribution in [0.5, 0.6) is 5.75 Å². The molecule has 158 valence electrons. The highest BCUT2D eigenvalue weighted by molar-refractivity contribution is 5.96. The number of aromatic nitrogens is 1. The van der Waals surface area contributed by atoms with Crippen LogP contribution in [0.15, 0.2) is 54.7 Å². The van der Waals surface area contributed by atoms with Crippen molar-refractivity contribution in [1.82, 2.24) is 15.6 Å². The van der Waals surface area contributed by atoms with E-state index in [9.17, 15) is 14.4 Å². The topological polar surface area (TPSA) is 107 Å². The van der Waals surface area contributed by atoms with Crippen LogP contribution in [-0.4, -0.2) is 36.0 Å². The summed E-state index contributed by atoms with van der Waals surface area (Å²) in [7, 11) is 0. The first-order chi connectivity index (χ1) is 14.6. The summed E-state index contributed by atoms with van der Waals surface area (Å²) in [5.41, 5.74) is 1.59. The van der Waals surface area contributed by atoms with Crippen molar-refractivity contribution in [3.8, 4) is 5.75 Å². The van der Waals surface area contributed by atoms with E-state index in [1.165, 1.54) is 6.08 Å². The van der Waals surface area contributed by atoms with Crippen molar-refractivity contribution in [2.45, 2.75) is 26.4 Å². The molecule has 1 aromatic heterocycles. The predicted molar refractivity (Wildman–Crippen MR) is 111 cm³/mol. The smallest absolute Gasteiger partial charge is 0.331 e. The number of unbranched alkanes of at least 4 members (excludes halogenated alkanes) is 1. The van der Waals surface area contributed by atoms with Gasteiger partial charge in [-0.15, -0.1) is 0 Å². The van der Waals surface area contributed by atoms with E-state index in [-0.39, 0.29) is 0 Å². The molecule has 0 radical (unpaired) electrons. The first-order valence-corrected chi connectivity index (χ1v) is 9.62. The van der Waals surface area contributed by atoms with Crippen LogP contribution in [0.2, 0.25) is 0 Å². The number of esters is 1. The zero-order valence-electron chi connectivity index (χ0n) is 16.8. The van der Waals surface area contributed by atoms with Gasteiger partial charge >= 0.3 is 12.0 Å². The third-order valence-corrected chi connectivity index (χ3v) is 3.82. The molecule has 2 rings (SSSR count). The molecule has 0 saturated carbocycles. The minimum Gasteiger partial charge on any atom is -0.487 e. The fourth-order valence-corrected chi connectivity index (χ4v) is 2.25. The molecular weight excluding hydrogens is 386 g/mol. The van der Waals surface area contributed by atoms with Crippen molar-refractivity contribution in [3.05, 3.63) is 66.0 Å². The largest absolute Gasteiger partial charge is 0.487 e. The fourth-order valence-electron chi connectivity index (χ4n) is 2.25. The van der Waals surface area contributed by atoms with Crippen molar-refractivity contribution in [2.24, 2.45) is 0 Å². The summed E-state index contributed by atoms with van der Waals surface area (Å²) >= 11 is 0. The van der Waals surface area contributed by atoms with E-state index in [0.29, 0.717) is 18.9 Å². The number of pyridine rings is 1. The van der Waals surface area contributed by atoms with Crippen molar-refractivity contribution in [2.75, 3.05) is 13.2 Å². The second-order valence-electron chi connectivity index (χ2n) is 6.28. The van der Waals surface area contributed by atoms with Crippen LogP contribution in [0, 0.1) is 0 Å². The van der Waals surface area contributed by atoms with Crippen molar-refractivity contribution >= 4 is 24.0 Å². The summed E-state index contributed by atoms with van der Waals surface area (Å²) in [6, 6.07) is 12.1. The van der Waals surface area contributed by atoms with E-state index < -0.39 is 24.5 Å². The zero-order valence-corrected chi connectivity index (χ0v) is 16.8. The number of rotatable bonds is 10. The van der Waals surface area contributed by atoms with Gasteiger partial charge in [0, 0.05) is 18.8 Å². The standard InChI is InChI=1S/C22H25N3O5/c1-2-3-13-24-22(28)25-20(26)16-30-21(27)12-9-17-7-10-19(11-8-17)29-15-18-6-4-5-14-23-18/h4-12,14H,2-3,13,15-16H2,1H3,(H2,24,25,26,28). The van der Waals surface area contributed by atoms with Crippen molar-refractivity contribution < 1.29 is 23.9 Å². The number of hydrogen-bond acceptors (Lipinski definition) is 6. The molecule has 2 N–H and O–H groups in total. The van der Waals surface area contributed by atoms with Crippen LogP contribution in [0.4, 0.5) is 4.79 Å². The Bertz CT molecular complexity index is 851. The molecule has 0 unspecified atom stereocenters. The summed E-state index contributed by atoms with van der Waals surface area (Å²) in [5, 5.41) is 4.62. The van der Waals surface area contributed by atoms with E-state index in [2.05, 4.69) is 15.6 Å². The van der Waals surface area contributed by atoms with Gasteiger partial charge in [-0.25, -0.2) is 9.59 Å². The van der Waals surface area contributed by atoms with Gasteiger partial charge < -0.3 is 14.8 Å². The molecule has 30 heavy (non-hydrogen) atoms. The minimum atomic E-state index is -0.694. The summed E-state index contributed by atoms with van der Waals surface area (Å²) < 4.78 is 10.5. The van der Waals surface area contributed by atoms with Gasteiger partial charge in [-0.2, -0.15) is 0 Å². The van der Waals surface area contributed by atoms with Gasteiger partial charge in [0.2, 0.25) is 0 Å². The van der Waals surface area contributed by atoms with Crippen LogP contribution in [0.25, 0.3) is 6.08 Å². The summed E-state index contributed by atoms with van der Waals surface area (Å²) in [6.45, 7) is 2.29. The van der Waals surface area contributed by atoms with Gasteiger partial charge in [-0.3, -0.25) is 15.1 Å². The third-order valence-electron chi connectivity index (χ3n) is 3.82. The summed E-state index contributed by atoms with van der Waals surface area (Å²) in [5.74, 6) is -0.707. The van der Waals surface area contributed by atoms with Crippen LogP contribution in [0.3, 0.4) is 0 Å². The Morgan fingerprint density at radius 3 is 2.60 bits per heavy atom. The highest BCUT2D eigenvalue weighted by atomic mass is 16.5. The highest BCUT2D eigenvalue weighted by Gasteiger charge is 2.09. The molecule has 8 nitrogen and oxygen atoms in total. The molecule has 0 aliphatic heterocycles. The van der Waals surface area contributed by atoms with E-state index in [0.717, 1.165) is 24.1 Å². The normalized spacial score (nSPS) is 10.4. The molecule has 1 aromatic carbocycles. The molecule has 1 heterocycles. The molecule has 0 aliphatic carbocycles. The molecule has 0 spiro atoms. The molecule has 0 aliphatic rings. The van der Waals surface area contributed by atoms with Gasteiger partial charge in [-0.05, 0) is 42.3 Å². The Kier molecular flexibility index (Phi) is 9.58. The lowest BCUT2D eigenvalue weighted by Gasteiger charge is -2.06. The molecule has 8 heteroatoms. The summed E-state index contributed by atoms with van der Waals surface area (Å²) in [4.78, 5) is 38.9. The first-order valence-electron chi connectivity index (χ1n) is 9.62. The molecule has 0 atom stereocenters. The van der Waals surface area contributed by atoms with Crippen molar-refractivity contribution in [1.29, 1.82) is 0 Å². The summed E-state index contributed by atoms with van der Waals surface area (Å²) in [6.07, 6.45) is 6.22. The zero-order chi connectivity index (χ0) is 21.6. The average Bonchev–Trinajstić information content (AvgIpc) is 2.76. The molecule has 3 amide bonds. The third kappa shape index (κ3) is 9.01. The fraction of sp³-hybridized carbons (Fsp3) is 0.273. The number of hydrogen-bond donors (Lipinski definition) is 2. The van der Waals surface area contributed by atoms with Crippen LogP contribution < -0.4 is 15.4 Å². The maximum Gasteiger partial charge on any atom is 0.331 e. The molecule has 0 bridgehead atoms. The average molecular weight is 411 g/mol. The Morgan fingerprint density at radius 2 is 1.90 bits per heavy atom. The number of carbonyl (C=O) groups excluding carboxylic acids is 3. The van der Waals surface area contributed by atoms with Crippen LogP contribution in [-0.2, 0) is 20.9 Å². The Balaban J connectivity index is 1.70. The van der Waals surface area contributed by atoms with Gasteiger partial charge in [0.15, 0.2) is 6.61 Å².